The van der Waals surface area contributed by atoms with Crippen LogP contribution in [-0.4, -0.2) is 55.7 Å². The van der Waals surface area contributed by atoms with Crippen molar-refractivity contribution in [2.75, 3.05) is 20.8 Å². The highest BCUT2D eigenvalue weighted by atomic mass is 16.6. The summed E-state index contributed by atoms with van der Waals surface area (Å²) in [4.78, 5) is 42.2. The number of aromatic nitrogens is 1. The van der Waals surface area contributed by atoms with Crippen LogP contribution in [0.2, 0.25) is 0 Å². The lowest BCUT2D eigenvalue weighted by Crippen LogP contribution is -2.36. The van der Waals surface area contributed by atoms with Crippen LogP contribution in [0.25, 0.3) is 0 Å². The molecule has 0 saturated carbocycles. The summed E-state index contributed by atoms with van der Waals surface area (Å²) < 4.78 is 27.3. The Hall–Kier alpha value is -3.46. The molecule has 1 aromatic carbocycles. The molecule has 1 aromatic heterocycles. The standard InChI is InChI=1S/C28H37NO8/c1-18(2)16-24(36-21-10-8-7-9-11-21)20(4)35-28(32)19(3)17-22(30)26-27(23(34-6)12-14-29-26)37-25(31)13-15-33-5/h7-12,14,18-20,24H,13,15-17H2,1-6H3/t19-,20+,24-/m1/s1. The number of carbonyl (C=O) groups is 3. The minimum Gasteiger partial charge on any atom is -0.493 e. The number of benzene rings is 1. The molecule has 0 N–H and O–H groups in total. The third-order valence-electron chi connectivity index (χ3n) is 5.53. The van der Waals surface area contributed by atoms with Crippen molar-refractivity contribution in [3.63, 3.8) is 0 Å². The second-order valence-corrected chi connectivity index (χ2v) is 9.18. The van der Waals surface area contributed by atoms with Gasteiger partial charge in [0.25, 0.3) is 0 Å². The van der Waals surface area contributed by atoms with E-state index in [2.05, 4.69) is 18.8 Å². The first-order valence-electron chi connectivity index (χ1n) is 12.3. The van der Waals surface area contributed by atoms with Crippen LogP contribution >= 0.6 is 0 Å². The van der Waals surface area contributed by atoms with Gasteiger partial charge in [0.05, 0.1) is 26.1 Å². The maximum absolute atomic E-state index is 13.1. The number of para-hydroxylation sites is 1. The fraction of sp³-hybridized carbons (Fsp3) is 0.500. The van der Waals surface area contributed by atoms with E-state index in [1.165, 1.54) is 26.5 Å². The van der Waals surface area contributed by atoms with Crippen LogP contribution in [-0.2, 0) is 19.1 Å². The van der Waals surface area contributed by atoms with E-state index in [9.17, 15) is 14.4 Å². The summed E-state index contributed by atoms with van der Waals surface area (Å²) in [6.07, 6.45) is 0.962. The SMILES string of the molecule is COCCC(=O)Oc1c(OC)ccnc1C(=O)C[C@@H](C)C(=O)O[C@@H](C)[C@@H](CC(C)C)Oc1ccccc1. The maximum Gasteiger partial charge on any atom is 0.313 e. The van der Waals surface area contributed by atoms with Gasteiger partial charge in [-0.2, -0.15) is 0 Å². The molecule has 9 heteroatoms. The highest BCUT2D eigenvalue weighted by Gasteiger charge is 2.29. The maximum atomic E-state index is 13.1. The topological polar surface area (TPSA) is 110 Å². The summed E-state index contributed by atoms with van der Waals surface area (Å²) >= 11 is 0. The molecule has 3 atom stereocenters. The van der Waals surface area contributed by atoms with Gasteiger partial charge in [-0.1, -0.05) is 39.0 Å². The Morgan fingerprint density at radius 3 is 2.30 bits per heavy atom. The minimum atomic E-state index is -0.767. The Bertz CT molecular complexity index is 1020. The quantitative estimate of drug-likeness (QED) is 0.247. The molecule has 0 aliphatic rings. The predicted molar refractivity (Wildman–Crippen MR) is 137 cm³/mol. The molecule has 2 aromatic rings. The summed E-state index contributed by atoms with van der Waals surface area (Å²) in [5.74, 6) is -1.28. The van der Waals surface area contributed by atoms with Gasteiger partial charge in [-0.3, -0.25) is 14.4 Å². The molecule has 0 amide bonds. The van der Waals surface area contributed by atoms with Crippen molar-refractivity contribution < 1.29 is 38.1 Å². The second-order valence-electron chi connectivity index (χ2n) is 9.18. The molecule has 37 heavy (non-hydrogen) atoms. The van der Waals surface area contributed by atoms with Crippen LogP contribution in [0.15, 0.2) is 42.6 Å². The Morgan fingerprint density at radius 1 is 0.973 bits per heavy atom. The lowest BCUT2D eigenvalue weighted by Gasteiger charge is -2.27. The molecule has 0 radical (unpaired) electrons. The van der Waals surface area contributed by atoms with Crippen LogP contribution in [0.3, 0.4) is 0 Å². The molecule has 0 unspecified atom stereocenters. The van der Waals surface area contributed by atoms with Gasteiger partial charge in [0.15, 0.2) is 17.2 Å². The molecule has 0 aliphatic carbocycles. The first-order valence-corrected chi connectivity index (χ1v) is 12.3. The molecule has 0 spiro atoms. The van der Waals surface area contributed by atoms with E-state index >= 15 is 0 Å². The Balaban J connectivity index is 2.09. The molecule has 0 fully saturated rings. The smallest absolute Gasteiger partial charge is 0.313 e. The lowest BCUT2D eigenvalue weighted by molar-refractivity contribution is -0.157. The van der Waals surface area contributed by atoms with Crippen LogP contribution in [0, 0.1) is 11.8 Å². The molecule has 2 rings (SSSR count). The van der Waals surface area contributed by atoms with Crippen LogP contribution in [0.4, 0.5) is 0 Å². The van der Waals surface area contributed by atoms with Gasteiger partial charge in [-0.05, 0) is 31.4 Å². The summed E-state index contributed by atoms with van der Waals surface area (Å²) in [7, 11) is 2.86. The molecule has 9 nitrogen and oxygen atoms in total. The second kappa shape index (κ2) is 14.9. The number of esters is 2. The van der Waals surface area contributed by atoms with Gasteiger partial charge in [-0.25, -0.2) is 4.98 Å². The lowest BCUT2D eigenvalue weighted by atomic mass is 10.0. The normalized spacial score (nSPS) is 13.4. The number of carbonyl (C=O) groups excluding carboxylic acids is 3. The number of methoxy groups -OCH3 is 2. The molecule has 1 heterocycles. The monoisotopic (exact) mass is 515 g/mol. The molecular formula is C28H37NO8. The third kappa shape index (κ3) is 9.49. The van der Waals surface area contributed by atoms with Crippen molar-refractivity contribution in [1.82, 2.24) is 4.98 Å². The highest BCUT2D eigenvalue weighted by molar-refractivity contribution is 6.00. The first kappa shape index (κ1) is 29.8. The van der Waals surface area contributed by atoms with E-state index in [0.717, 1.165) is 0 Å². The Labute approximate surface area is 218 Å². The summed E-state index contributed by atoms with van der Waals surface area (Å²) in [5, 5.41) is 0. The van der Waals surface area contributed by atoms with E-state index in [1.54, 1.807) is 13.8 Å². The number of ether oxygens (including phenoxy) is 5. The molecule has 202 valence electrons. The molecule has 0 bridgehead atoms. The van der Waals surface area contributed by atoms with Crippen molar-refractivity contribution in [2.24, 2.45) is 11.8 Å². The minimum absolute atomic E-state index is 0.00854. The van der Waals surface area contributed by atoms with Gasteiger partial charge in [0.2, 0.25) is 5.75 Å². The average molecular weight is 516 g/mol. The van der Waals surface area contributed by atoms with E-state index in [-0.39, 0.29) is 42.7 Å². The van der Waals surface area contributed by atoms with E-state index in [0.29, 0.717) is 18.1 Å². The summed E-state index contributed by atoms with van der Waals surface area (Å²) in [5.41, 5.74) is -0.0945. The van der Waals surface area contributed by atoms with E-state index < -0.39 is 29.7 Å². The van der Waals surface area contributed by atoms with Crippen molar-refractivity contribution in [3.05, 3.63) is 48.3 Å². The van der Waals surface area contributed by atoms with Gasteiger partial charge >= 0.3 is 11.9 Å². The fourth-order valence-corrected chi connectivity index (χ4v) is 3.55. The van der Waals surface area contributed by atoms with Crippen LogP contribution < -0.4 is 14.2 Å². The van der Waals surface area contributed by atoms with Crippen molar-refractivity contribution >= 4 is 17.7 Å². The first-order chi connectivity index (χ1) is 17.7. The molecular weight excluding hydrogens is 478 g/mol. The zero-order valence-electron chi connectivity index (χ0n) is 22.4. The largest absolute Gasteiger partial charge is 0.493 e. The van der Waals surface area contributed by atoms with Gasteiger partial charge in [0, 0.05) is 25.8 Å². The zero-order valence-corrected chi connectivity index (χ0v) is 22.4. The Morgan fingerprint density at radius 2 is 1.68 bits per heavy atom. The van der Waals surface area contributed by atoms with E-state index in [4.69, 9.17) is 23.7 Å². The number of hydrogen-bond acceptors (Lipinski definition) is 9. The number of rotatable bonds is 15. The third-order valence-corrected chi connectivity index (χ3v) is 5.53. The average Bonchev–Trinajstić information content (AvgIpc) is 2.87. The Kier molecular flexibility index (Phi) is 12.0. The number of ketones is 1. The summed E-state index contributed by atoms with van der Waals surface area (Å²) in [6.45, 7) is 7.68. The van der Waals surface area contributed by atoms with Gasteiger partial charge < -0.3 is 23.7 Å². The van der Waals surface area contributed by atoms with Crippen molar-refractivity contribution in [1.29, 1.82) is 0 Å². The van der Waals surface area contributed by atoms with Crippen molar-refractivity contribution in [2.45, 2.75) is 59.2 Å². The van der Waals surface area contributed by atoms with Crippen LogP contribution in [0.1, 0.15) is 57.4 Å². The van der Waals surface area contributed by atoms with E-state index in [1.807, 2.05) is 30.3 Å². The van der Waals surface area contributed by atoms with Crippen LogP contribution in [0.5, 0.6) is 17.2 Å². The number of nitrogens with zero attached hydrogens (tertiary/aromatic N) is 1. The fourth-order valence-electron chi connectivity index (χ4n) is 3.55. The molecule has 0 saturated heterocycles. The number of Topliss-reactive ketones (excluding diaryl/α,β-unsaturated/α-hetero) is 1. The molecule has 0 aliphatic heterocycles. The van der Waals surface area contributed by atoms with Crippen molar-refractivity contribution in [3.8, 4) is 17.2 Å². The predicted octanol–water partition coefficient (Wildman–Crippen LogP) is 4.67. The summed E-state index contributed by atoms with van der Waals surface area (Å²) in [6, 6.07) is 10.8. The number of hydrogen-bond donors (Lipinski definition) is 0. The van der Waals surface area contributed by atoms with Gasteiger partial charge in [-0.15, -0.1) is 0 Å². The van der Waals surface area contributed by atoms with Gasteiger partial charge in [0.1, 0.15) is 18.0 Å². The number of pyridine rings is 1. The zero-order chi connectivity index (χ0) is 27.4. The highest BCUT2D eigenvalue weighted by Crippen LogP contribution is 2.31.